The highest BCUT2D eigenvalue weighted by molar-refractivity contribution is 5.92. The molecule has 39 heavy (non-hydrogen) atoms. The van der Waals surface area contributed by atoms with E-state index < -0.39 is 12.0 Å². The second-order valence-electron chi connectivity index (χ2n) is 12.3. The zero-order valence-corrected chi connectivity index (χ0v) is 22.1. The number of pyridine rings is 1. The van der Waals surface area contributed by atoms with Gasteiger partial charge in [-0.15, -0.1) is 0 Å². The first-order valence-corrected chi connectivity index (χ1v) is 14.5. The van der Waals surface area contributed by atoms with Crippen molar-refractivity contribution in [2.24, 2.45) is 0 Å². The maximum absolute atomic E-state index is 16.4. The van der Waals surface area contributed by atoms with Crippen LogP contribution in [0.1, 0.15) is 57.9 Å². The average Bonchev–Trinajstić information content (AvgIpc) is 3.54. The number of nitrogens with one attached hydrogen (secondary N) is 1. The summed E-state index contributed by atoms with van der Waals surface area (Å²) < 4.78 is 37.0. The van der Waals surface area contributed by atoms with Crippen LogP contribution >= 0.6 is 0 Å². The number of anilines is 1. The van der Waals surface area contributed by atoms with Gasteiger partial charge in [-0.3, -0.25) is 9.88 Å². The molecule has 4 atom stereocenters. The Morgan fingerprint density at radius 1 is 1.08 bits per heavy atom. The highest BCUT2D eigenvalue weighted by Crippen LogP contribution is 2.45. The molecule has 0 amide bonds. The Balaban J connectivity index is 0.00000264. The second-order valence-corrected chi connectivity index (χ2v) is 12.3. The van der Waals surface area contributed by atoms with Crippen LogP contribution in [0.5, 0.6) is 6.01 Å². The molecule has 4 saturated heterocycles. The highest BCUT2D eigenvalue weighted by atomic mass is 19.1. The third kappa shape index (κ3) is 4.08. The number of alkyl halides is 1. The summed E-state index contributed by atoms with van der Waals surface area (Å²) in [4.78, 5) is 18.6. The normalized spacial score (nSPS) is 30.3. The molecule has 0 radical (unpaired) electrons. The molecule has 1 aromatic carbocycles. The monoisotopic (exact) mass is 534 g/mol. The lowest BCUT2D eigenvalue weighted by Gasteiger charge is -2.34. The van der Waals surface area contributed by atoms with Gasteiger partial charge in [-0.2, -0.15) is 9.97 Å². The number of aromatic nitrogens is 3. The molecule has 3 aromatic rings. The van der Waals surface area contributed by atoms with Crippen molar-refractivity contribution in [2.75, 3.05) is 37.7 Å². The summed E-state index contributed by atoms with van der Waals surface area (Å²) in [5.74, 6) is 0.712. The number of hydrogen-bond donors (Lipinski definition) is 1. The van der Waals surface area contributed by atoms with Gasteiger partial charge in [0, 0.05) is 51.3 Å². The molecule has 2 aromatic heterocycles. The molecule has 7 nitrogen and oxygen atoms in total. The van der Waals surface area contributed by atoms with Gasteiger partial charge in [0.15, 0.2) is 5.82 Å². The fourth-order valence-electron chi connectivity index (χ4n) is 7.60. The van der Waals surface area contributed by atoms with Gasteiger partial charge < -0.3 is 15.0 Å². The fourth-order valence-corrected chi connectivity index (χ4v) is 7.60. The van der Waals surface area contributed by atoms with Gasteiger partial charge in [-0.25, -0.2) is 8.78 Å². The molecule has 5 aliphatic rings. The first-order valence-electron chi connectivity index (χ1n) is 14.5. The molecular formula is C30H36F2N6O. The molecule has 6 heterocycles. The average molecular weight is 535 g/mol. The summed E-state index contributed by atoms with van der Waals surface area (Å²) in [6.07, 6.45) is 7.81. The molecule has 0 spiro atoms. The van der Waals surface area contributed by atoms with Crippen LogP contribution in [-0.4, -0.2) is 76.4 Å². The number of ether oxygens (including phenoxy) is 1. The van der Waals surface area contributed by atoms with Gasteiger partial charge in [0.1, 0.15) is 29.8 Å². The molecule has 9 heteroatoms. The number of fused-ring (bicyclic) bond motifs is 4. The zero-order valence-electron chi connectivity index (χ0n) is 22.1. The Bertz CT molecular complexity index is 1430. The Hall–Kier alpha value is -2.91. The van der Waals surface area contributed by atoms with Crippen LogP contribution in [0.2, 0.25) is 0 Å². The van der Waals surface area contributed by atoms with Crippen LogP contribution in [0.25, 0.3) is 22.2 Å². The Morgan fingerprint density at radius 3 is 2.72 bits per heavy atom. The maximum atomic E-state index is 16.4. The first kappa shape index (κ1) is 23.9. The van der Waals surface area contributed by atoms with Gasteiger partial charge in [-0.1, -0.05) is 24.3 Å². The molecule has 206 valence electrons. The Morgan fingerprint density at radius 2 is 1.90 bits per heavy atom. The van der Waals surface area contributed by atoms with Crippen molar-refractivity contribution in [1.29, 1.82) is 0 Å². The summed E-state index contributed by atoms with van der Waals surface area (Å²) in [7, 11) is 0. The molecule has 4 aliphatic heterocycles. The van der Waals surface area contributed by atoms with E-state index in [4.69, 9.17) is 9.72 Å². The number of benzene rings is 1. The summed E-state index contributed by atoms with van der Waals surface area (Å²) in [5, 5.41) is 4.27. The van der Waals surface area contributed by atoms with Gasteiger partial charge in [0.05, 0.1) is 10.9 Å². The lowest BCUT2D eigenvalue weighted by Crippen LogP contribution is -2.51. The number of piperazine rings is 1. The summed E-state index contributed by atoms with van der Waals surface area (Å²) >= 11 is 0. The third-order valence-electron chi connectivity index (χ3n) is 9.62. The van der Waals surface area contributed by atoms with Gasteiger partial charge >= 0.3 is 6.01 Å². The van der Waals surface area contributed by atoms with Crippen LogP contribution < -0.4 is 15.0 Å². The summed E-state index contributed by atoms with van der Waals surface area (Å²) in [6.45, 7) is 3.27. The van der Waals surface area contributed by atoms with E-state index >= 15 is 4.39 Å². The molecule has 8 rings (SSSR count). The van der Waals surface area contributed by atoms with E-state index in [0.717, 1.165) is 69.3 Å². The molecule has 3 unspecified atom stereocenters. The number of rotatable bonds is 6. The minimum atomic E-state index is -0.837. The fraction of sp³-hybridized carbons (Fsp3) is 0.567. The lowest BCUT2D eigenvalue weighted by atomic mass is 9.95. The molecule has 5 fully saturated rings. The van der Waals surface area contributed by atoms with Crippen LogP contribution in [0.15, 0.2) is 30.5 Å². The molecule has 1 saturated carbocycles. The van der Waals surface area contributed by atoms with Crippen molar-refractivity contribution < 1.29 is 14.9 Å². The van der Waals surface area contributed by atoms with Crippen LogP contribution in [0.4, 0.5) is 14.6 Å². The minimum absolute atomic E-state index is 0. The maximum Gasteiger partial charge on any atom is 0.319 e. The van der Waals surface area contributed by atoms with Gasteiger partial charge in [0.25, 0.3) is 0 Å². The summed E-state index contributed by atoms with van der Waals surface area (Å²) in [5.41, 5.74) is 2.24. The molecular weight excluding hydrogens is 498 g/mol. The van der Waals surface area contributed by atoms with Crippen LogP contribution in [0, 0.1) is 5.82 Å². The topological polar surface area (TPSA) is 66.4 Å². The number of nitrogens with zero attached hydrogens (tertiary/aromatic N) is 5. The first-order chi connectivity index (χ1) is 19.1. The number of hydrogen-bond acceptors (Lipinski definition) is 7. The summed E-state index contributed by atoms with van der Waals surface area (Å²) in [6, 6.07) is 8.95. The van der Waals surface area contributed by atoms with Crippen molar-refractivity contribution in [1.82, 2.24) is 25.2 Å². The zero-order chi connectivity index (χ0) is 26.1. The SMILES string of the molecule is Fc1c(-c2ccccc2C2CC2)ncc2c(N3CC4CCC(C3)N4)nc(OC[C@@]34CCCN3CC(F)C4)nc12.[HH]. The van der Waals surface area contributed by atoms with E-state index in [0.29, 0.717) is 54.5 Å². The molecule has 2 bridgehead atoms. The Labute approximate surface area is 228 Å². The van der Waals surface area contributed by atoms with E-state index in [-0.39, 0.29) is 18.5 Å². The second kappa shape index (κ2) is 9.06. The minimum Gasteiger partial charge on any atom is -0.461 e. The highest BCUT2D eigenvalue weighted by Gasteiger charge is 2.49. The van der Waals surface area contributed by atoms with Gasteiger partial charge in [0.2, 0.25) is 0 Å². The van der Waals surface area contributed by atoms with Crippen molar-refractivity contribution in [3.05, 3.63) is 41.8 Å². The predicted molar refractivity (Wildman–Crippen MR) is 148 cm³/mol. The van der Waals surface area contributed by atoms with E-state index in [2.05, 4.69) is 31.2 Å². The Kier molecular flexibility index (Phi) is 5.56. The lowest BCUT2D eigenvalue weighted by molar-refractivity contribution is 0.107. The van der Waals surface area contributed by atoms with E-state index in [9.17, 15) is 4.39 Å². The van der Waals surface area contributed by atoms with Crippen molar-refractivity contribution in [3.63, 3.8) is 0 Å². The number of halogens is 2. The van der Waals surface area contributed by atoms with Gasteiger partial charge in [-0.05, 0) is 56.6 Å². The van der Waals surface area contributed by atoms with Crippen molar-refractivity contribution >= 4 is 16.7 Å². The smallest absolute Gasteiger partial charge is 0.319 e. The molecule has 1 N–H and O–H groups in total. The van der Waals surface area contributed by atoms with E-state index in [1.165, 1.54) is 0 Å². The van der Waals surface area contributed by atoms with E-state index in [1.54, 1.807) is 6.20 Å². The van der Waals surface area contributed by atoms with E-state index in [1.807, 2.05) is 18.2 Å². The van der Waals surface area contributed by atoms with Crippen molar-refractivity contribution in [2.45, 2.75) is 74.7 Å². The molecule has 1 aliphatic carbocycles. The van der Waals surface area contributed by atoms with Crippen molar-refractivity contribution in [3.8, 4) is 17.3 Å². The standard InChI is InChI=1S/C30H34F2N6O.H2/c31-19-12-30(10-3-11-38(30)14-19)17-39-29-35-27-24(28(36-29)37-15-20-8-9-21(16-37)34-20)13-33-26(25(27)32)23-5-2-1-4-22(23)18-6-7-18;/h1-2,4-5,13,18-21,34H,3,6-12,14-17H2;1H/t19?,20?,21?,30-;/m0./s1. The third-order valence-corrected chi connectivity index (χ3v) is 9.62. The quantitative estimate of drug-likeness (QED) is 0.485. The largest absolute Gasteiger partial charge is 0.461 e. The predicted octanol–water partition coefficient (Wildman–Crippen LogP) is 4.85. The van der Waals surface area contributed by atoms with Crippen LogP contribution in [-0.2, 0) is 0 Å². The van der Waals surface area contributed by atoms with Crippen LogP contribution in [0.3, 0.4) is 0 Å².